The van der Waals surface area contributed by atoms with Crippen molar-refractivity contribution in [2.75, 3.05) is 31.1 Å². The largest absolute Gasteiger partial charge is 0.342 e. The summed E-state index contributed by atoms with van der Waals surface area (Å²) in [6.07, 6.45) is 10.2. The first-order valence-corrected chi connectivity index (χ1v) is 9.52. The van der Waals surface area contributed by atoms with E-state index in [9.17, 15) is 4.79 Å². The Morgan fingerprint density at radius 1 is 1.19 bits per heavy atom. The molecule has 3 fully saturated rings. The van der Waals surface area contributed by atoms with Gasteiger partial charge in [0.2, 0.25) is 5.91 Å². The zero-order chi connectivity index (χ0) is 13.8. The number of rotatable bonds is 2. The van der Waals surface area contributed by atoms with Crippen LogP contribution in [0.5, 0.6) is 0 Å². The Kier molecular flexibility index (Phi) is 6.70. The third-order valence-corrected chi connectivity index (χ3v) is 6.48. The smallest absolute Gasteiger partial charge is 0.224 e. The first-order chi connectivity index (χ1) is 9.77. The molecule has 1 unspecified atom stereocenters. The van der Waals surface area contributed by atoms with E-state index in [4.69, 9.17) is 0 Å². The minimum Gasteiger partial charge on any atom is -0.342 e. The Labute approximate surface area is 139 Å². The van der Waals surface area contributed by atoms with E-state index in [2.05, 4.69) is 10.2 Å². The lowest BCUT2D eigenvalue weighted by Crippen LogP contribution is -2.49. The molecule has 3 rings (SSSR count). The van der Waals surface area contributed by atoms with Crippen LogP contribution in [0.3, 0.4) is 0 Å². The van der Waals surface area contributed by atoms with Crippen molar-refractivity contribution in [3.05, 3.63) is 0 Å². The first kappa shape index (κ1) is 17.4. The van der Waals surface area contributed by atoms with E-state index in [1.54, 1.807) is 0 Å². The lowest BCUT2D eigenvalue weighted by molar-refractivity contribution is -0.135. The fourth-order valence-corrected chi connectivity index (χ4v) is 5.17. The Balaban J connectivity index is 0.00000161. The molecule has 0 bridgehead atoms. The molecule has 0 aromatic rings. The van der Waals surface area contributed by atoms with Crippen molar-refractivity contribution in [2.45, 2.75) is 57.4 Å². The van der Waals surface area contributed by atoms with Gasteiger partial charge in [-0.05, 0) is 31.1 Å². The maximum absolute atomic E-state index is 12.6. The summed E-state index contributed by atoms with van der Waals surface area (Å²) in [6.45, 7) is 3.11. The van der Waals surface area contributed by atoms with Crippen molar-refractivity contribution >= 4 is 30.1 Å². The normalized spacial score (nSPS) is 29.0. The quantitative estimate of drug-likeness (QED) is 0.843. The molecule has 2 aliphatic heterocycles. The number of hydrogen-bond acceptors (Lipinski definition) is 3. The van der Waals surface area contributed by atoms with Crippen LogP contribution in [0.4, 0.5) is 0 Å². The van der Waals surface area contributed by atoms with E-state index < -0.39 is 0 Å². The van der Waals surface area contributed by atoms with Crippen molar-refractivity contribution < 1.29 is 4.79 Å². The van der Waals surface area contributed by atoms with Gasteiger partial charge in [-0.25, -0.2) is 0 Å². The van der Waals surface area contributed by atoms with E-state index in [0.717, 1.165) is 25.4 Å². The molecule has 0 aromatic heterocycles. The van der Waals surface area contributed by atoms with Crippen molar-refractivity contribution in [1.82, 2.24) is 10.2 Å². The molecule has 2 saturated heterocycles. The van der Waals surface area contributed by atoms with Crippen molar-refractivity contribution in [3.63, 3.8) is 0 Å². The molecule has 0 aromatic carbocycles. The average molecular weight is 333 g/mol. The van der Waals surface area contributed by atoms with E-state index >= 15 is 0 Å². The fourth-order valence-electron chi connectivity index (χ4n) is 4.22. The summed E-state index contributed by atoms with van der Waals surface area (Å²) in [5, 5.41) is 3.49. The van der Waals surface area contributed by atoms with E-state index in [1.165, 1.54) is 50.7 Å². The van der Waals surface area contributed by atoms with E-state index in [1.807, 2.05) is 11.8 Å². The molecule has 1 saturated carbocycles. The maximum Gasteiger partial charge on any atom is 0.224 e. The van der Waals surface area contributed by atoms with Gasteiger partial charge in [0.05, 0.1) is 0 Å². The average Bonchev–Trinajstić information content (AvgIpc) is 2.49. The Hall–Kier alpha value is 0.0700. The standard InChI is InChI=1S/C16H28N2OS.ClH/c19-15(11-14-12-20-10-8-17-14)18-9-4-7-16(13-18)5-2-1-3-6-16;/h14,17H,1-13H2;1H. The first-order valence-electron chi connectivity index (χ1n) is 8.36. The summed E-state index contributed by atoms with van der Waals surface area (Å²) < 4.78 is 0. The molecule has 5 heteroatoms. The summed E-state index contributed by atoms with van der Waals surface area (Å²) in [5.74, 6) is 2.69. The number of carbonyl (C=O) groups excluding carboxylic acids is 1. The number of nitrogens with zero attached hydrogens (tertiary/aromatic N) is 1. The monoisotopic (exact) mass is 332 g/mol. The molecule has 1 amide bonds. The topological polar surface area (TPSA) is 32.3 Å². The molecule has 1 atom stereocenters. The van der Waals surface area contributed by atoms with Gasteiger partial charge in [-0.3, -0.25) is 4.79 Å². The predicted octanol–water partition coefficient (Wildman–Crippen LogP) is 3.08. The lowest BCUT2D eigenvalue weighted by atomic mass is 9.69. The van der Waals surface area contributed by atoms with Crippen LogP contribution in [0.15, 0.2) is 0 Å². The fraction of sp³-hybridized carbons (Fsp3) is 0.938. The van der Waals surface area contributed by atoms with Crippen LogP contribution in [0, 0.1) is 5.41 Å². The zero-order valence-electron chi connectivity index (χ0n) is 12.9. The Morgan fingerprint density at radius 2 is 1.95 bits per heavy atom. The second-order valence-electron chi connectivity index (χ2n) is 6.91. The zero-order valence-corrected chi connectivity index (χ0v) is 14.6. The summed E-state index contributed by atoms with van der Waals surface area (Å²) >= 11 is 1.98. The molecule has 0 radical (unpaired) electrons. The molecule has 3 aliphatic rings. The van der Waals surface area contributed by atoms with Crippen LogP contribution in [0.25, 0.3) is 0 Å². The molecule has 1 spiro atoms. The predicted molar refractivity (Wildman–Crippen MR) is 92.3 cm³/mol. The van der Waals surface area contributed by atoms with Gasteiger partial charge < -0.3 is 10.2 Å². The Bertz CT molecular complexity index is 336. The number of piperidine rings is 1. The summed E-state index contributed by atoms with van der Waals surface area (Å²) in [5.41, 5.74) is 0.487. The van der Waals surface area contributed by atoms with Gasteiger partial charge in [0, 0.05) is 43.6 Å². The van der Waals surface area contributed by atoms with Crippen LogP contribution in [-0.4, -0.2) is 48.0 Å². The number of nitrogens with one attached hydrogen (secondary N) is 1. The molecule has 3 nitrogen and oxygen atoms in total. The van der Waals surface area contributed by atoms with Gasteiger partial charge in [0.25, 0.3) is 0 Å². The molecule has 1 N–H and O–H groups in total. The molecule has 1 aliphatic carbocycles. The molecular weight excluding hydrogens is 304 g/mol. The van der Waals surface area contributed by atoms with Gasteiger partial charge in [-0.2, -0.15) is 11.8 Å². The highest BCUT2D eigenvalue weighted by atomic mass is 35.5. The number of carbonyl (C=O) groups is 1. The van der Waals surface area contributed by atoms with Gasteiger partial charge in [0.1, 0.15) is 0 Å². The number of hydrogen-bond donors (Lipinski definition) is 1. The van der Waals surface area contributed by atoms with Crippen molar-refractivity contribution in [1.29, 1.82) is 0 Å². The van der Waals surface area contributed by atoms with Gasteiger partial charge in [-0.15, -0.1) is 12.4 Å². The SMILES string of the molecule is Cl.O=C(CC1CSCCN1)N1CCCC2(CCCCC2)C1. The third-order valence-electron chi connectivity index (χ3n) is 5.35. The minimum atomic E-state index is 0. The number of likely N-dealkylation sites (tertiary alicyclic amines) is 1. The van der Waals surface area contributed by atoms with Crippen molar-refractivity contribution in [2.24, 2.45) is 5.41 Å². The van der Waals surface area contributed by atoms with Crippen LogP contribution < -0.4 is 5.32 Å². The van der Waals surface area contributed by atoms with Crippen LogP contribution in [0.1, 0.15) is 51.4 Å². The third kappa shape index (κ3) is 4.52. The van der Waals surface area contributed by atoms with Crippen LogP contribution in [-0.2, 0) is 4.79 Å². The molecule has 2 heterocycles. The summed E-state index contributed by atoms with van der Waals surface area (Å²) in [6, 6.07) is 0.408. The lowest BCUT2D eigenvalue weighted by Gasteiger charge is -2.45. The van der Waals surface area contributed by atoms with Crippen molar-refractivity contribution in [3.8, 4) is 0 Å². The molecular formula is C16H29ClN2OS. The summed E-state index contributed by atoms with van der Waals surface area (Å²) in [4.78, 5) is 14.8. The number of thioether (sulfide) groups is 1. The van der Waals surface area contributed by atoms with Crippen LogP contribution >= 0.6 is 24.2 Å². The van der Waals surface area contributed by atoms with Gasteiger partial charge in [0.15, 0.2) is 0 Å². The number of amides is 1. The van der Waals surface area contributed by atoms with E-state index in [-0.39, 0.29) is 12.4 Å². The van der Waals surface area contributed by atoms with Gasteiger partial charge in [-0.1, -0.05) is 19.3 Å². The highest BCUT2D eigenvalue weighted by Crippen LogP contribution is 2.43. The number of halogens is 1. The highest BCUT2D eigenvalue weighted by molar-refractivity contribution is 7.99. The molecule has 21 heavy (non-hydrogen) atoms. The second kappa shape index (κ2) is 8.07. The van der Waals surface area contributed by atoms with Crippen LogP contribution in [0.2, 0.25) is 0 Å². The van der Waals surface area contributed by atoms with E-state index in [0.29, 0.717) is 23.8 Å². The minimum absolute atomic E-state index is 0. The Morgan fingerprint density at radius 3 is 2.67 bits per heavy atom. The highest BCUT2D eigenvalue weighted by Gasteiger charge is 2.38. The maximum atomic E-state index is 12.6. The second-order valence-corrected chi connectivity index (χ2v) is 8.06. The van der Waals surface area contributed by atoms with Gasteiger partial charge >= 0.3 is 0 Å². The summed E-state index contributed by atoms with van der Waals surface area (Å²) in [7, 11) is 0. The molecule has 122 valence electrons.